The average molecular weight is 384 g/mol. The molecule has 0 radical (unpaired) electrons. The average Bonchev–Trinajstić information content (AvgIpc) is 3.22. The molecular weight excluding hydrogens is 360 g/mol. The molecule has 6 atom stereocenters. The van der Waals surface area contributed by atoms with Gasteiger partial charge in [-0.1, -0.05) is 18.2 Å². The van der Waals surface area contributed by atoms with Crippen molar-refractivity contribution in [2.45, 2.75) is 37.0 Å². The third-order valence-corrected chi connectivity index (χ3v) is 7.14. The highest BCUT2D eigenvalue weighted by Crippen LogP contribution is 2.53. The second-order valence-corrected chi connectivity index (χ2v) is 8.25. The Labute approximate surface area is 163 Å². The number of rotatable bonds is 1. The van der Waals surface area contributed by atoms with Gasteiger partial charge < -0.3 is 19.9 Å². The van der Waals surface area contributed by atoms with E-state index in [1.165, 1.54) is 13.4 Å². The first-order valence-electron chi connectivity index (χ1n) is 9.76. The Morgan fingerprint density at radius 2 is 2.18 bits per heavy atom. The fraction of sp³-hybridized carbons (Fsp3) is 0.524. The molecule has 1 amide bonds. The number of esters is 1. The molecule has 4 aliphatic rings. The molecule has 2 fully saturated rings. The SMILES string of the molecule is COC(=O)C1=CO[C@@H](C)[C@H]2CN3CC[C@]4(C(=O)Nc5ccccc54)[C@@H]3C(O)[C@H]12. The normalized spacial score (nSPS) is 38.8. The van der Waals surface area contributed by atoms with E-state index in [2.05, 4.69) is 10.2 Å². The van der Waals surface area contributed by atoms with E-state index in [9.17, 15) is 14.7 Å². The number of nitrogens with one attached hydrogen (secondary N) is 1. The minimum Gasteiger partial charge on any atom is -0.497 e. The molecule has 7 heteroatoms. The number of aliphatic hydroxyl groups excluding tert-OH is 1. The number of hydrogen-bond acceptors (Lipinski definition) is 6. The number of aliphatic hydroxyl groups is 1. The van der Waals surface area contributed by atoms with Crippen LogP contribution in [0.5, 0.6) is 0 Å². The number of carbonyl (C=O) groups is 2. The first-order valence-corrected chi connectivity index (χ1v) is 9.76. The molecule has 2 N–H and O–H groups in total. The van der Waals surface area contributed by atoms with Gasteiger partial charge in [-0.15, -0.1) is 0 Å². The van der Waals surface area contributed by atoms with Crippen LogP contribution in [0.2, 0.25) is 0 Å². The predicted molar refractivity (Wildman–Crippen MR) is 100 cm³/mol. The van der Waals surface area contributed by atoms with Gasteiger partial charge in [0.1, 0.15) is 0 Å². The summed E-state index contributed by atoms with van der Waals surface area (Å²) in [5, 5.41) is 14.6. The van der Waals surface area contributed by atoms with Crippen molar-refractivity contribution >= 4 is 17.6 Å². The van der Waals surface area contributed by atoms with Crippen molar-refractivity contribution in [2.75, 3.05) is 25.5 Å². The Morgan fingerprint density at radius 1 is 1.39 bits per heavy atom. The first kappa shape index (κ1) is 17.7. The quantitative estimate of drug-likeness (QED) is 0.704. The van der Waals surface area contributed by atoms with Crippen molar-refractivity contribution in [3.8, 4) is 0 Å². The lowest BCUT2D eigenvalue weighted by Crippen LogP contribution is -2.64. The topological polar surface area (TPSA) is 88.1 Å². The number of hydrogen-bond donors (Lipinski definition) is 2. The fourth-order valence-corrected chi connectivity index (χ4v) is 5.86. The Hall–Kier alpha value is -2.38. The molecule has 0 aliphatic carbocycles. The zero-order valence-electron chi connectivity index (χ0n) is 15.9. The maximum atomic E-state index is 13.2. The van der Waals surface area contributed by atoms with E-state index in [4.69, 9.17) is 9.47 Å². The van der Waals surface area contributed by atoms with Gasteiger partial charge in [-0.25, -0.2) is 4.79 Å². The van der Waals surface area contributed by atoms with Crippen LogP contribution in [0.25, 0.3) is 0 Å². The zero-order valence-corrected chi connectivity index (χ0v) is 15.9. The number of ether oxygens (including phenoxy) is 2. The second kappa shape index (κ2) is 6.06. The molecular formula is C21H24N2O5. The number of anilines is 1. The molecule has 0 aromatic heterocycles. The van der Waals surface area contributed by atoms with Gasteiger partial charge in [-0.05, 0) is 25.0 Å². The lowest BCUT2D eigenvalue weighted by Gasteiger charge is -2.50. The molecule has 7 nitrogen and oxygen atoms in total. The lowest BCUT2D eigenvalue weighted by atomic mass is 9.65. The lowest BCUT2D eigenvalue weighted by molar-refractivity contribution is -0.144. The number of carbonyl (C=O) groups excluding carboxylic acids is 2. The summed E-state index contributed by atoms with van der Waals surface area (Å²) in [7, 11) is 1.33. The summed E-state index contributed by atoms with van der Waals surface area (Å²) in [5.74, 6) is -1.02. The minimum atomic E-state index is -0.880. The van der Waals surface area contributed by atoms with Gasteiger partial charge in [0.2, 0.25) is 5.91 Å². The van der Waals surface area contributed by atoms with E-state index in [1.54, 1.807) is 0 Å². The highest BCUT2D eigenvalue weighted by molar-refractivity contribution is 6.07. The van der Waals surface area contributed by atoms with Crippen LogP contribution in [0.4, 0.5) is 5.69 Å². The minimum absolute atomic E-state index is 0.0415. The fourth-order valence-electron chi connectivity index (χ4n) is 5.86. The molecule has 1 aromatic carbocycles. The van der Waals surface area contributed by atoms with Gasteiger partial charge in [0, 0.05) is 30.6 Å². The molecule has 1 aromatic rings. The van der Waals surface area contributed by atoms with Gasteiger partial charge in [-0.3, -0.25) is 9.69 Å². The van der Waals surface area contributed by atoms with Crippen molar-refractivity contribution in [1.29, 1.82) is 0 Å². The molecule has 1 unspecified atom stereocenters. The van der Waals surface area contributed by atoms with Gasteiger partial charge in [0.15, 0.2) is 0 Å². The van der Waals surface area contributed by atoms with Crippen molar-refractivity contribution in [1.82, 2.24) is 4.90 Å². The summed E-state index contributed by atoms with van der Waals surface area (Å²) in [6, 6.07) is 7.31. The molecule has 0 bridgehead atoms. The van der Waals surface area contributed by atoms with Gasteiger partial charge in [0.25, 0.3) is 0 Å². The predicted octanol–water partition coefficient (Wildman–Crippen LogP) is 1.03. The number of nitrogens with zero attached hydrogens (tertiary/aromatic N) is 1. The molecule has 28 heavy (non-hydrogen) atoms. The van der Waals surface area contributed by atoms with Crippen LogP contribution in [0.3, 0.4) is 0 Å². The van der Waals surface area contributed by atoms with Crippen LogP contribution < -0.4 is 5.32 Å². The summed E-state index contributed by atoms with van der Waals surface area (Å²) in [4.78, 5) is 27.7. The maximum Gasteiger partial charge on any atom is 0.337 e. The van der Waals surface area contributed by atoms with Crippen LogP contribution in [-0.4, -0.2) is 60.3 Å². The van der Waals surface area contributed by atoms with Crippen molar-refractivity contribution in [3.63, 3.8) is 0 Å². The van der Waals surface area contributed by atoms with Gasteiger partial charge in [0.05, 0.1) is 42.6 Å². The monoisotopic (exact) mass is 384 g/mol. The highest BCUT2D eigenvalue weighted by atomic mass is 16.5. The van der Waals surface area contributed by atoms with Crippen LogP contribution in [0.15, 0.2) is 36.1 Å². The van der Waals surface area contributed by atoms with E-state index in [0.29, 0.717) is 18.5 Å². The van der Waals surface area contributed by atoms with E-state index in [-0.39, 0.29) is 17.9 Å². The van der Waals surface area contributed by atoms with Crippen molar-refractivity contribution in [2.24, 2.45) is 11.8 Å². The smallest absolute Gasteiger partial charge is 0.337 e. The van der Waals surface area contributed by atoms with E-state index < -0.39 is 29.4 Å². The second-order valence-electron chi connectivity index (χ2n) is 8.25. The zero-order chi connectivity index (χ0) is 19.6. The Morgan fingerprint density at radius 3 is 2.96 bits per heavy atom. The summed E-state index contributed by atoms with van der Waals surface area (Å²) in [5.41, 5.74) is 1.30. The summed E-state index contributed by atoms with van der Waals surface area (Å²) < 4.78 is 10.6. The maximum absolute atomic E-state index is 13.2. The van der Waals surface area contributed by atoms with Crippen LogP contribution in [-0.2, 0) is 24.5 Å². The summed E-state index contributed by atoms with van der Waals surface area (Å²) in [6.45, 7) is 3.34. The molecule has 148 valence electrons. The Balaban J connectivity index is 1.61. The van der Waals surface area contributed by atoms with E-state index >= 15 is 0 Å². The molecule has 4 heterocycles. The molecule has 2 saturated heterocycles. The number of piperidine rings is 1. The molecule has 5 rings (SSSR count). The number of amides is 1. The summed E-state index contributed by atoms with van der Waals surface area (Å²) >= 11 is 0. The van der Waals surface area contributed by atoms with E-state index in [0.717, 1.165) is 17.8 Å². The van der Waals surface area contributed by atoms with Crippen LogP contribution in [0, 0.1) is 11.8 Å². The number of fused-ring (bicyclic) bond motifs is 5. The van der Waals surface area contributed by atoms with E-state index in [1.807, 2.05) is 31.2 Å². The van der Waals surface area contributed by atoms with Gasteiger partial charge in [-0.2, -0.15) is 0 Å². The van der Waals surface area contributed by atoms with Gasteiger partial charge >= 0.3 is 5.97 Å². The third kappa shape index (κ3) is 2.11. The van der Waals surface area contributed by atoms with Crippen molar-refractivity contribution in [3.05, 3.63) is 41.7 Å². The Bertz CT molecular complexity index is 883. The largest absolute Gasteiger partial charge is 0.497 e. The highest BCUT2D eigenvalue weighted by Gasteiger charge is 2.64. The number of para-hydroxylation sites is 1. The standard InChI is InChI=1S/C21H24N2O5/c1-11-12-9-23-8-7-21(14-5-3-4-6-15(14)22-20(21)26)18(23)17(24)16(12)13(10-28-11)19(25)27-2/h3-6,10-12,16-18,24H,7-9H2,1-2H3,(H,22,26)/t11-,12+,16-,17?,18-,21+/m0/s1. The number of benzene rings is 1. The molecule has 0 saturated carbocycles. The summed E-state index contributed by atoms with van der Waals surface area (Å²) in [6.07, 6.45) is 1.06. The van der Waals surface area contributed by atoms with Crippen LogP contribution in [0.1, 0.15) is 18.9 Å². The third-order valence-electron chi connectivity index (χ3n) is 7.14. The molecule has 1 spiro atoms. The Kier molecular flexibility index (Phi) is 3.83. The number of methoxy groups -OCH3 is 1. The van der Waals surface area contributed by atoms with Crippen molar-refractivity contribution < 1.29 is 24.2 Å². The molecule has 4 aliphatic heterocycles. The van der Waals surface area contributed by atoms with Crippen LogP contribution >= 0.6 is 0 Å². The first-order chi connectivity index (χ1) is 13.5.